The van der Waals surface area contributed by atoms with Crippen molar-refractivity contribution in [1.29, 1.82) is 0 Å². The van der Waals surface area contributed by atoms with E-state index < -0.39 is 0 Å². The Bertz CT molecular complexity index is 1150. The van der Waals surface area contributed by atoms with Crippen molar-refractivity contribution in [3.8, 4) is 0 Å². The first-order valence-electron chi connectivity index (χ1n) is 11.8. The van der Waals surface area contributed by atoms with E-state index in [2.05, 4.69) is 36.2 Å². The minimum absolute atomic E-state index is 0.0633. The van der Waals surface area contributed by atoms with Gasteiger partial charge in [0.05, 0.1) is 11.4 Å². The van der Waals surface area contributed by atoms with Crippen molar-refractivity contribution in [2.45, 2.75) is 19.8 Å². The summed E-state index contributed by atoms with van der Waals surface area (Å²) in [6, 6.07) is 25.5. The molecule has 0 bridgehead atoms. The minimum Gasteiger partial charge on any atom is -0.366 e. The van der Waals surface area contributed by atoms with E-state index in [1.54, 1.807) is 6.08 Å². The number of para-hydroxylation sites is 2. The summed E-state index contributed by atoms with van der Waals surface area (Å²) in [5.74, 6) is 0.378. The number of hydrogen-bond donors (Lipinski definition) is 1. The number of piperazine rings is 1. The van der Waals surface area contributed by atoms with Gasteiger partial charge in [0.25, 0.3) is 5.91 Å². The monoisotopic (exact) mass is 453 g/mol. The molecule has 1 saturated heterocycles. The smallest absolute Gasteiger partial charge is 0.253 e. The standard InChI is InChI=1S/C29H31N3O2/c1-22(2)24-15-12-23(13-16-24)14-17-28(33)30-26-10-6-7-11-27(26)31-18-20-32(21-19-31)29(34)25-8-4-3-5-9-25/h3-17,22H,18-21H2,1-2H3,(H,30,33). The molecule has 4 rings (SSSR count). The average molecular weight is 454 g/mol. The number of anilines is 2. The lowest BCUT2D eigenvalue weighted by Crippen LogP contribution is -2.49. The van der Waals surface area contributed by atoms with E-state index in [0.29, 0.717) is 37.7 Å². The van der Waals surface area contributed by atoms with Crippen LogP contribution in [0.1, 0.15) is 41.3 Å². The van der Waals surface area contributed by atoms with Crippen LogP contribution in [0.25, 0.3) is 6.08 Å². The second-order valence-electron chi connectivity index (χ2n) is 8.81. The third-order valence-corrected chi connectivity index (χ3v) is 6.12. The predicted octanol–water partition coefficient (Wildman–Crippen LogP) is 5.42. The molecule has 1 N–H and O–H groups in total. The van der Waals surface area contributed by atoms with Crippen LogP contribution in [-0.2, 0) is 4.79 Å². The highest BCUT2D eigenvalue weighted by molar-refractivity contribution is 6.03. The van der Waals surface area contributed by atoms with E-state index in [9.17, 15) is 9.59 Å². The summed E-state index contributed by atoms with van der Waals surface area (Å²) in [5, 5.41) is 3.02. The highest BCUT2D eigenvalue weighted by Crippen LogP contribution is 2.27. The molecular weight excluding hydrogens is 422 g/mol. The van der Waals surface area contributed by atoms with Gasteiger partial charge >= 0.3 is 0 Å². The fourth-order valence-corrected chi connectivity index (χ4v) is 4.11. The second-order valence-corrected chi connectivity index (χ2v) is 8.81. The van der Waals surface area contributed by atoms with Gasteiger partial charge in [-0.1, -0.05) is 68.4 Å². The van der Waals surface area contributed by atoms with Crippen LogP contribution in [0.5, 0.6) is 0 Å². The molecule has 174 valence electrons. The zero-order valence-corrected chi connectivity index (χ0v) is 19.8. The van der Waals surface area contributed by atoms with E-state index in [-0.39, 0.29) is 11.8 Å². The lowest BCUT2D eigenvalue weighted by atomic mass is 10.0. The first-order chi connectivity index (χ1) is 16.5. The molecule has 3 aromatic rings. The van der Waals surface area contributed by atoms with Crippen molar-refractivity contribution in [2.75, 3.05) is 36.4 Å². The number of rotatable bonds is 6. The topological polar surface area (TPSA) is 52.7 Å². The molecule has 1 aliphatic rings. The Morgan fingerprint density at radius 1 is 0.824 bits per heavy atom. The van der Waals surface area contributed by atoms with E-state index in [0.717, 1.165) is 16.9 Å². The minimum atomic E-state index is -0.168. The summed E-state index contributed by atoms with van der Waals surface area (Å²) in [4.78, 5) is 29.5. The number of amides is 2. The van der Waals surface area contributed by atoms with Gasteiger partial charge in [0, 0.05) is 37.8 Å². The third kappa shape index (κ3) is 5.73. The summed E-state index contributed by atoms with van der Waals surface area (Å²) in [7, 11) is 0. The van der Waals surface area contributed by atoms with E-state index >= 15 is 0 Å². The molecule has 5 nitrogen and oxygen atoms in total. The van der Waals surface area contributed by atoms with Crippen LogP contribution < -0.4 is 10.2 Å². The number of carbonyl (C=O) groups excluding carboxylic acids is 2. The van der Waals surface area contributed by atoms with E-state index in [1.807, 2.05) is 77.7 Å². The van der Waals surface area contributed by atoms with Gasteiger partial charge in [-0.25, -0.2) is 0 Å². The molecule has 3 aromatic carbocycles. The van der Waals surface area contributed by atoms with Crippen LogP contribution >= 0.6 is 0 Å². The van der Waals surface area contributed by atoms with Gasteiger partial charge in [-0.2, -0.15) is 0 Å². The maximum absolute atomic E-state index is 12.7. The first-order valence-corrected chi connectivity index (χ1v) is 11.8. The van der Waals surface area contributed by atoms with Crippen LogP contribution in [0.3, 0.4) is 0 Å². The number of carbonyl (C=O) groups is 2. The molecule has 0 unspecified atom stereocenters. The molecule has 34 heavy (non-hydrogen) atoms. The molecular formula is C29H31N3O2. The largest absolute Gasteiger partial charge is 0.366 e. The van der Waals surface area contributed by atoms with Crippen molar-refractivity contribution >= 4 is 29.3 Å². The molecule has 0 saturated carbocycles. The maximum Gasteiger partial charge on any atom is 0.253 e. The fourth-order valence-electron chi connectivity index (χ4n) is 4.11. The van der Waals surface area contributed by atoms with Crippen LogP contribution in [0, 0.1) is 0 Å². The molecule has 5 heteroatoms. The molecule has 0 spiro atoms. The van der Waals surface area contributed by atoms with Gasteiger partial charge in [0.1, 0.15) is 0 Å². The number of hydrogen-bond acceptors (Lipinski definition) is 3. The highest BCUT2D eigenvalue weighted by Gasteiger charge is 2.23. The first kappa shape index (κ1) is 23.3. The predicted molar refractivity (Wildman–Crippen MR) is 139 cm³/mol. The Morgan fingerprint density at radius 3 is 2.15 bits per heavy atom. The summed E-state index contributed by atoms with van der Waals surface area (Å²) in [6.07, 6.45) is 3.40. The molecule has 0 atom stereocenters. The number of benzene rings is 3. The molecule has 1 aliphatic heterocycles. The van der Waals surface area contributed by atoms with Gasteiger partial charge in [-0.3, -0.25) is 9.59 Å². The molecule has 0 aliphatic carbocycles. The summed E-state index contributed by atoms with van der Waals surface area (Å²) in [6.45, 7) is 7.03. The van der Waals surface area contributed by atoms with Crippen LogP contribution in [-0.4, -0.2) is 42.9 Å². The Hall–Kier alpha value is -3.86. The summed E-state index contributed by atoms with van der Waals surface area (Å²) >= 11 is 0. The van der Waals surface area contributed by atoms with E-state index in [4.69, 9.17) is 0 Å². The van der Waals surface area contributed by atoms with Crippen LogP contribution in [0.4, 0.5) is 11.4 Å². The Balaban J connectivity index is 1.37. The Labute approximate surface area is 201 Å². The number of nitrogens with zero attached hydrogens (tertiary/aromatic N) is 2. The van der Waals surface area contributed by atoms with Crippen molar-refractivity contribution in [2.24, 2.45) is 0 Å². The van der Waals surface area contributed by atoms with Crippen molar-refractivity contribution in [1.82, 2.24) is 4.90 Å². The zero-order chi connectivity index (χ0) is 23.9. The van der Waals surface area contributed by atoms with Gasteiger partial charge < -0.3 is 15.1 Å². The zero-order valence-electron chi connectivity index (χ0n) is 19.8. The van der Waals surface area contributed by atoms with Gasteiger partial charge in [-0.05, 0) is 47.4 Å². The highest BCUT2D eigenvalue weighted by atomic mass is 16.2. The Morgan fingerprint density at radius 2 is 1.47 bits per heavy atom. The SMILES string of the molecule is CC(C)c1ccc(C=CC(=O)Nc2ccccc2N2CCN(C(=O)c3ccccc3)CC2)cc1. The molecule has 1 heterocycles. The van der Waals surface area contributed by atoms with Crippen molar-refractivity contribution in [3.05, 3.63) is 102 Å². The van der Waals surface area contributed by atoms with Crippen LogP contribution in [0.15, 0.2) is 84.9 Å². The average Bonchev–Trinajstić information content (AvgIpc) is 2.88. The van der Waals surface area contributed by atoms with Crippen molar-refractivity contribution < 1.29 is 9.59 Å². The summed E-state index contributed by atoms with van der Waals surface area (Å²) in [5.41, 5.74) is 4.73. The lowest BCUT2D eigenvalue weighted by molar-refractivity contribution is -0.111. The van der Waals surface area contributed by atoms with Crippen LogP contribution in [0.2, 0.25) is 0 Å². The second kappa shape index (κ2) is 10.8. The maximum atomic E-state index is 12.7. The molecule has 2 amide bonds. The Kier molecular flexibility index (Phi) is 7.43. The fraction of sp³-hybridized carbons (Fsp3) is 0.241. The summed E-state index contributed by atoms with van der Waals surface area (Å²) < 4.78 is 0. The van der Waals surface area contributed by atoms with Crippen molar-refractivity contribution in [3.63, 3.8) is 0 Å². The molecule has 0 radical (unpaired) electrons. The van der Waals surface area contributed by atoms with Gasteiger partial charge in [0.15, 0.2) is 0 Å². The van der Waals surface area contributed by atoms with E-state index in [1.165, 1.54) is 5.56 Å². The molecule has 1 fully saturated rings. The molecule has 0 aromatic heterocycles. The third-order valence-electron chi connectivity index (χ3n) is 6.12. The van der Waals surface area contributed by atoms with Gasteiger partial charge in [-0.15, -0.1) is 0 Å². The number of nitrogens with one attached hydrogen (secondary N) is 1. The quantitative estimate of drug-likeness (QED) is 0.507. The van der Waals surface area contributed by atoms with Gasteiger partial charge in [0.2, 0.25) is 5.91 Å². The lowest BCUT2D eigenvalue weighted by Gasteiger charge is -2.37. The normalized spacial score (nSPS) is 14.0.